The lowest BCUT2D eigenvalue weighted by molar-refractivity contribution is -0.134. The number of hydrazone groups is 1. The van der Waals surface area contributed by atoms with E-state index in [9.17, 15) is 19.2 Å². The molecule has 0 saturated carbocycles. The number of piperazine rings is 1. The number of carboxylic acid groups (broad SMARTS) is 2. The molecule has 2 N–H and O–H groups in total. The molecule has 3 aliphatic heterocycles. The lowest BCUT2D eigenvalue weighted by Gasteiger charge is -2.32. The van der Waals surface area contributed by atoms with E-state index in [4.69, 9.17) is 19.7 Å². The number of benzene rings is 1. The maximum Gasteiger partial charge on any atom is 0.347 e. The summed E-state index contributed by atoms with van der Waals surface area (Å²) in [7, 11) is 2.13. The van der Waals surface area contributed by atoms with Crippen LogP contribution < -0.4 is 9.47 Å². The number of carbonyl (C=O) groups excluding carboxylic acids is 2. The molecule has 1 aromatic carbocycles. The molecule has 1 aromatic rings. The number of aliphatic carboxylic acids is 2. The van der Waals surface area contributed by atoms with Crippen LogP contribution in [-0.2, 0) is 14.4 Å². The van der Waals surface area contributed by atoms with Crippen molar-refractivity contribution in [2.24, 2.45) is 5.10 Å². The molecule has 0 bridgehead atoms. The van der Waals surface area contributed by atoms with E-state index in [1.54, 1.807) is 0 Å². The second-order valence-electron chi connectivity index (χ2n) is 9.90. The number of ether oxygens (including phenoxy) is 2. The smallest absolute Gasteiger partial charge is 0.347 e. The Bertz CT molecular complexity index is 1130. The molecule has 4 rings (SSSR count). The molecule has 2 fully saturated rings. The molecule has 3 aliphatic rings. The molecule has 0 aromatic heterocycles. The third-order valence-electron chi connectivity index (χ3n) is 6.72. The molecule has 13 nitrogen and oxygen atoms in total. The molecule has 2 saturated heterocycles. The number of carboxylic acids is 2. The molecule has 0 unspecified atom stereocenters. The second kappa shape index (κ2) is 15.7. The van der Waals surface area contributed by atoms with Gasteiger partial charge in [-0.3, -0.25) is 9.69 Å². The summed E-state index contributed by atoms with van der Waals surface area (Å²) in [5.41, 5.74) is 1.57. The molecule has 0 atom stereocenters. The van der Waals surface area contributed by atoms with Gasteiger partial charge in [0.05, 0.1) is 18.9 Å². The zero-order valence-corrected chi connectivity index (χ0v) is 23.7. The first kappa shape index (κ1) is 31.6. The average molecular weight is 574 g/mol. The molecule has 13 heteroatoms. The first-order valence-corrected chi connectivity index (χ1v) is 13.8. The van der Waals surface area contributed by atoms with Crippen LogP contribution in [0.2, 0.25) is 0 Å². The number of carbonyl (C=O) groups is 4. The fraction of sp³-hybridized carbons (Fsp3) is 0.536. The van der Waals surface area contributed by atoms with Crippen LogP contribution in [0.15, 0.2) is 35.5 Å². The SMILES string of the molecule is CCCCOc1ccc2c(c1)/C(=N/N1CC(=O)N(CCCN3CCN(C)CC3)C1=O)CCO2.O=C(O)/C=C/C(=O)O. The first-order chi connectivity index (χ1) is 19.7. The number of hydrogen-bond donors (Lipinski definition) is 2. The molecule has 41 heavy (non-hydrogen) atoms. The van der Waals surface area contributed by atoms with Gasteiger partial charge in [0.1, 0.15) is 18.0 Å². The number of amides is 3. The standard InChI is InChI=1S/C24H35N5O4.C4H4O4/c1-3-4-15-32-19-6-7-22-20(17-19)21(8-16-33-22)25-29-18-23(30)28(24(29)31)10-5-9-27-13-11-26(2)12-14-27;5-3(6)1-2-4(7)8/h6-7,17H,3-5,8-16,18H2,1-2H3;1-2H,(H,5,6)(H,7,8)/b25-21+;2-1+. The lowest BCUT2D eigenvalue weighted by Crippen LogP contribution is -2.45. The van der Waals surface area contributed by atoms with Crippen molar-refractivity contribution in [1.29, 1.82) is 0 Å². The van der Waals surface area contributed by atoms with E-state index >= 15 is 0 Å². The number of hydrogen-bond acceptors (Lipinski definition) is 9. The van der Waals surface area contributed by atoms with Gasteiger partial charge in [-0.05, 0) is 44.6 Å². The van der Waals surface area contributed by atoms with Crippen LogP contribution in [0.5, 0.6) is 11.5 Å². The fourth-order valence-electron chi connectivity index (χ4n) is 4.42. The number of imide groups is 1. The lowest BCUT2D eigenvalue weighted by atomic mass is 10.0. The Labute approximate surface area is 239 Å². The zero-order chi connectivity index (χ0) is 29.8. The summed E-state index contributed by atoms with van der Waals surface area (Å²) in [5.74, 6) is -1.22. The highest BCUT2D eigenvalue weighted by Crippen LogP contribution is 2.30. The predicted octanol–water partition coefficient (Wildman–Crippen LogP) is 1.97. The summed E-state index contributed by atoms with van der Waals surface area (Å²) in [6, 6.07) is 5.35. The van der Waals surface area contributed by atoms with Gasteiger partial charge in [-0.25, -0.2) is 19.4 Å². The van der Waals surface area contributed by atoms with E-state index < -0.39 is 11.9 Å². The van der Waals surface area contributed by atoms with Crippen molar-refractivity contribution < 1.29 is 38.9 Å². The van der Waals surface area contributed by atoms with Crippen LogP contribution in [0.25, 0.3) is 0 Å². The Morgan fingerprint density at radius 3 is 2.41 bits per heavy atom. The third-order valence-corrected chi connectivity index (χ3v) is 6.72. The normalized spacial score (nSPS) is 18.7. The van der Waals surface area contributed by atoms with Gasteiger partial charge in [0, 0.05) is 56.9 Å². The maximum atomic E-state index is 12.9. The Hall–Kier alpha value is -3.97. The van der Waals surface area contributed by atoms with Gasteiger partial charge in [-0.1, -0.05) is 13.3 Å². The molecule has 0 spiro atoms. The van der Waals surface area contributed by atoms with Crippen molar-refractivity contribution in [1.82, 2.24) is 19.7 Å². The second-order valence-corrected chi connectivity index (χ2v) is 9.90. The van der Waals surface area contributed by atoms with Crippen LogP contribution in [0, 0.1) is 0 Å². The monoisotopic (exact) mass is 573 g/mol. The summed E-state index contributed by atoms with van der Waals surface area (Å²) in [6.45, 7) is 8.77. The molecule has 3 heterocycles. The number of likely N-dealkylation sites (N-methyl/N-ethyl adjacent to an activating group) is 1. The largest absolute Gasteiger partial charge is 0.494 e. The Kier molecular flexibility index (Phi) is 12.1. The van der Waals surface area contributed by atoms with Crippen LogP contribution >= 0.6 is 0 Å². The number of urea groups is 1. The average Bonchev–Trinajstić information content (AvgIpc) is 3.21. The Morgan fingerprint density at radius 2 is 1.76 bits per heavy atom. The zero-order valence-electron chi connectivity index (χ0n) is 23.7. The fourth-order valence-corrected chi connectivity index (χ4v) is 4.42. The van der Waals surface area contributed by atoms with Gasteiger partial charge in [0.25, 0.3) is 5.91 Å². The van der Waals surface area contributed by atoms with Crippen molar-refractivity contribution in [3.05, 3.63) is 35.9 Å². The van der Waals surface area contributed by atoms with Gasteiger partial charge < -0.3 is 29.5 Å². The maximum absolute atomic E-state index is 12.9. The summed E-state index contributed by atoms with van der Waals surface area (Å²) < 4.78 is 11.6. The highest BCUT2D eigenvalue weighted by molar-refractivity contribution is 6.06. The minimum Gasteiger partial charge on any atom is -0.494 e. The van der Waals surface area contributed by atoms with Crippen LogP contribution in [0.4, 0.5) is 4.79 Å². The summed E-state index contributed by atoms with van der Waals surface area (Å²) >= 11 is 0. The highest BCUT2D eigenvalue weighted by Gasteiger charge is 2.36. The van der Waals surface area contributed by atoms with Crippen molar-refractivity contribution in [2.45, 2.75) is 32.6 Å². The summed E-state index contributed by atoms with van der Waals surface area (Å²) in [6.07, 6.45) is 4.53. The van der Waals surface area contributed by atoms with Gasteiger partial charge in [-0.2, -0.15) is 5.10 Å². The van der Waals surface area contributed by atoms with Gasteiger partial charge in [0.2, 0.25) is 0 Å². The molecule has 3 amide bonds. The van der Waals surface area contributed by atoms with E-state index in [0.29, 0.717) is 38.3 Å². The van der Waals surface area contributed by atoms with E-state index in [1.807, 2.05) is 18.2 Å². The molecule has 0 aliphatic carbocycles. The van der Waals surface area contributed by atoms with Crippen molar-refractivity contribution in [2.75, 3.05) is 66.1 Å². The van der Waals surface area contributed by atoms with E-state index in [2.05, 4.69) is 28.9 Å². The number of nitrogens with zero attached hydrogens (tertiary/aromatic N) is 5. The van der Waals surface area contributed by atoms with E-state index in [-0.39, 0.29) is 18.5 Å². The number of fused-ring (bicyclic) bond motifs is 1. The van der Waals surface area contributed by atoms with Crippen LogP contribution in [0.1, 0.15) is 38.2 Å². The van der Waals surface area contributed by atoms with Gasteiger partial charge in [-0.15, -0.1) is 0 Å². The Morgan fingerprint density at radius 1 is 1.05 bits per heavy atom. The van der Waals surface area contributed by atoms with E-state index in [0.717, 1.165) is 74.8 Å². The predicted molar refractivity (Wildman–Crippen MR) is 150 cm³/mol. The van der Waals surface area contributed by atoms with Crippen LogP contribution in [0.3, 0.4) is 0 Å². The number of unbranched alkanes of at least 4 members (excludes halogenated alkanes) is 1. The van der Waals surface area contributed by atoms with Crippen molar-refractivity contribution in [3.63, 3.8) is 0 Å². The highest BCUT2D eigenvalue weighted by atomic mass is 16.5. The van der Waals surface area contributed by atoms with Crippen molar-refractivity contribution in [3.8, 4) is 11.5 Å². The number of rotatable bonds is 11. The van der Waals surface area contributed by atoms with Crippen LogP contribution in [-0.4, -0.2) is 126 Å². The first-order valence-electron chi connectivity index (χ1n) is 13.8. The Balaban J connectivity index is 0.000000507. The summed E-state index contributed by atoms with van der Waals surface area (Å²) in [5, 5.41) is 21.5. The van der Waals surface area contributed by atoms with Gasteiger partial charge >= 0.3 is 18.0 Å². The van der Waals surface area contributed by atoms with Crippen molar-refractivity contribution >= 4 is 29.6 Å². The summed E-state index contributed by atoms with van der Waals surface area (Å²) in [4.78, 5) is 50.6. The molecular weight excluding hydrogens is 534 g/mol. The van der Waals surface area contributed by atoms with E-state index in [1.165, 1.54) is 9.91 Å². The molecule has 0 radical (unpaired) electrons. The minimum absolute atomic E-state index is 0.0142. The third kappa shape index (κ3) is 9.87. The minimum atomic E-state index is -1.26. The molecular formula is C28H39N5O8. The molecule has 224 valence electrons. The van der Waals surface area contributed by atoms with Gasteiger partial charge in [0.15, 0.2) is 0 Å². The quantitative estimate of drug-likeness (QED) is 0.228. The topological polar surface area (TPSA) is 153 Å².